The van der Waals surface area contributed by atoms with Gasteiger partial charge in [0.25, 0.3) is 0 Å². The topological polar surface area (TPSA) is 49.9 Å². The molecule has 0 unspecified atom stereocenters. The normalized spacial score (nSPS) is 36.3. The maximum absolute atomic E-state index is 12.9. The molecule has 0 aromatic heterocycles. The van der Waals surface area contributed by atoms with Gasteiger partial charge in [-0.2, -0.15) is 0 Å². The standard InChI is InChI=1S/C16H26N2O3/c1-15(2)12-4-5-16(15,3)14(20)18(13(12)19)7-6-17-8-10-21-11-9-17/h12H,4-11H2,1-3H3/t12-,16-/m0/s1. The highest BCUT2D eigenvalue weighted by Crippen LogP contribution is 2.59. The monoisotopic (exact) mass is 294 g/mol. The third-order valence-electron chi connectivity index (χ3n) is 6.25. The molecule has 2 bridgehead atoms. The Morgan fingerprint density at radius 3 is 2.48 bits per heavy atom. The van der Waals surface area contributed by atoms with E-state index in [0.29, 0.717) is 6.54 Å². The van der Waals surface area contributed by atoms with E-state index in [9.17, 15) is 9.59 Å². The van der Waals surface area contributed by atoms with Crippen LogP contribution in [0.4, 0.5) is 0 Å². The lowest BCUT2D eigenvalue weighted by molar-refractivity contribution is -0.168. The first-order valence-corrected chi connectivity index (χ1v) is 8.04. The van der Waals surface area contributed by atoms with Crippen LogP contribution < -0.4 is 0 Å². The van der Waals surface area contributed by atoms with E-state index in [2.05, 4.69) is 18.7 Å². The maximum atomic E-state index is 12.9. The van der Waals surface area contributed by atoms with Crippen molar-refractivity contribution in [1.82, 2.24) is 9.80 Å². The van der Waals surface area contributed by atoms with Crippen LogP contribution >= 0.6 is 0 Å². The van der Waals surface area contributed by atoms with Crippen molar-refractivity contribution in [3.8, 4) is 0 Å². The second kappa shape index (κ2) is 5.06. The Morgan fingerprint density at radius 2 is 1.81 bits per heavy atom. The molecule has 3 aliphatic rings. The van der Waals surface area contributed by atoms with Crippen molar-refractivity contribution < 1.29 is 14.3 Å². The fraction of sp³-hybridized carbons (Fsp3) is 0.875. The van der Waals surface area contributed by atoms with Crippen molar-refractivity contribution in [3.05, 3.63) is 0 Å². The van der Waals surface area contributed by atoms with Crippen LogP contribution in [0.3, 0.4) is 0 Å². The van der Waals surface area contributed by atoms with Gasteiger partial charge in [0.05, 0.1) is 18.6 Å². The molecule has 3 fully saturated rings. The van der Waals surface area contributed by atoms with E-state index in [1.54, 1.807) is 4.90 Å². The zero-order valence-electron chi connectivity index (χ0n) is 13.4. The van der Waals surface area contributed by atoms with Gasteiger partial charge in [-0.25, -0.2) is 0 Å². The summed E-state index contributed by atoms with van der Waals surface area (Å²) in [5.74, 6) is 0.0950. The number of ether oxygens (including phenoxy) is 1. The molecule has 21 heavy (non-hydrogen) atoms. The number of morpholine rings is 1. The number of hydrogen-bond acceptors (Lipinski definition) is 4. The molecule has 2 saturated heterocycles. The van der Waals surface area contributed by atoms with E-state index >= 15 is 0 Å². The first kappa shape index (κ1) is 15.0. The number of carbonyl (C=O) groups excluding carboxylic acids is 2. The Bertz CT molecular complexity index is 456. The van der Waals surface area contributed by atoms with E-state index in [1.165, 1.54) is 0 Å². The largest absolute Gasteiger partial charge is 0.379 e. The summed E-state index contributed by atoms with van der Waals surface area (Å²) in [4.78, 5) is 29.4. The van der Waals surface area contributed by atoms with E-state index in [1.807, 2.05) is 6.92 Å². The van der Waals surface area contributed by atoms with Crippen LogP contribution in [-0.2, 0) is 14.3 Å². The number of amides is 2. The molecule has 0 radical (unpaired) electrons. The number of rotatable bonds is 3. The molecule has 1 aliphatic carbocycles. The van der Waals surface area contributed by atoms with E-state index < -0.39 is 0 Å². The minimum atomic E-state index is -0.378. The number of likely N-dealkylation sites (tertiary alicyclic amines) is 1. The third kappa shape index (κ3) is 2.13. The van der Waals surface area contributed by atoms with Gasteiger partial charge < -0.3 is 4.74 Å². The summed E-state index contributed by atoms with van der Waals surface area (Å²) in [5.41, 5.74) is -0.590. The second-order valence-electron chi connectivity index (χ2n) is 7.39. The number of fused-ring (bicyclic) bond motifs is 2. The lowest BCUT2D eigenvalue weighted by Crippen LogP contribution is -2.60. The number of piperidine rings is 1. The minimum Gasteiger partial charge on any atom is -0.379 e. The van der Waals surface area contributed by atoms with Crippen LogP contribution in [-0.4, -0.2) is 61.0 Å². The van der Waals surface area contributed by atoms with Crippen LogP contribution in [0.25, 0.3) is 0 Å². The van der Waals surface area contributed by atoms with Gasteiger partial charge in [-0.05, 0) is 18.3 Å². The highest BCUT2D eigenvalue weighted by Gasteiger charge is 2.64. The Morgan fingerprint density at radius 1 is 1.14 bits per heavy atom. The van der Waals surface area contributed by atoms with Crippen molar-refractivity contribution in [2.45, 2.75) is 33.6 Å². The van der Waals surface area contributed by atoms with Crippen LogP contribution in [0.1, 0.15) is 33.6 Å². The molecule has 118 valence electrons. The summed E-state index contributed by atoms with van der Waals surface area (Å²) in [7, 11) is 0. The summed E-state index contributed by atoms with van der Waals surface area (Å²) in [6.07, 6.45) is 1.69. The SMILES string of the molecule is CC1(C)[C@H]2CC[C@@]1(C)C(=O)N(CCN1CCOCC1)C2=O. The Hall–Kier alpha value is -0.940. The van der Waals surface area contributed by atoms with Crippen LogP contribution in [0.5, 0.6) is 0 Å². The Labute approximate surface area is 126 Å². The quantitative estimate of drug-likeness (QED) is 0.732. The van der Waals surface area contributed by atoms with Gasteiger partial charge >= 0.3 is 0 Å². The van der Waals surface area contributed by atoms with Crippen LogP contribution in [0.2, 0.25) is 0 Å². The summed E-state index contributed by atoms with van der Waals surface area (Å²) >= 11 is 0. The first-order valence-electron chi connectivity index (χ1n) is 8.04. The molecule has 3 rings (SSSR count). The number of nitrogens with zero attached hydrogens (tertiary/aromatic N) is 2. The summed E-state index contributed by atoms with van der Waals surface area (Å²) < 4.78 is 5.33. The maximum Gasteiger partial charge on any atom is 0.235 e. The third-order valence-corrected chi connectivity index (χ3v) is 6.25. The first-order chi connectivity index (χ1) is 9.88. The van der Waals surface area contributed by atoms with Crippen molar-refractivity contribution in [3.63, 3.8) is 0 Å². The lowest BCUT2D eigenvalue weighted by atomic mass is 9.62. The Balaban J connectivity index is 1.72. The van der Waals surface area contributed by atoms with E-state index in [0.717, 1.165) is 45.7 Å². The second-order valence-corrected chi connectivity index (χ2v) is 7.39. The van der Waals surface area contributed by atoms with Crippen molar-refractivity contribution in [1.29, 1.82) is 0 Å². The number of imide groups is 1. The van der Waals surface area contributed by atoms with Crippen LogP contribution in [0, 0.1) is 16.7 Å². The van der Waals surface area contributed by atoms with Crippen molar-refractivity contribution in [2.24, 2.45) is 16.7 Å². The van der Waals surface area contributed by atoms with Crippen molar-refractivity contribution >= 4 is 11.8 Å². The zero-order valence-corrected chi connectivity index (χ0v) is 13.4. The highest BCUT2D eigenvalue weighted by atomic mass is 16.5. The minimum absolute atomic E-state index is 0.00453. The van der Waals surface area contributed by atoms with Gasteiger partial charge in [-0.1, -0.05) is 20.8 Å². The molecular weight excluding hydrogens is 268 g/mol. The molecule has 0 aromatic rings. The zero-order chi connectivity index (χ0) is 15.3. The molecule has 5 heteroatoms. The summed E-state index contributed by atoms with van der Waals surface area (Å²) in [6.45, 7) is 10.8. The average molecular weight is 294 g/mol. The number of hydrogen-bond donors (Lipinski definition) is 0. The predicted molar refractivity (Wildman–Crippen MR) is 78.6 cm³/mol. The van der Waals surface area contributed by atoms with Gasteiger partial charge in [0, 0.05) is 32.1 Å². The molecule has 0 N–H and O–H groups in total. The molecule has 0 spiro atoms. The molecular formula is C16H26N2O3. The number of carbonyl (C=O) groups is 2. The summed E-state index contributed by atoms with van der Waals surface area (Å²) in [5, 5.41) is 0. The smallest absolute Gasteiger partial charge is 0.235 e. The summed E-state index contributed by atoms with van der Waals surface area (Å²) in [6, 6.07) is 0. The fourth-order valence-corrected chi connectivity index (χ4v) is 4.18. The Kier molecular flexibility index (Phi) is 3.61. The van der Waals surface area contributed by atoms with E-state index in [-0.39, 0.29) is 28.6 Å². The molecule has 1 saturated carbocycles. The van der Waals surface area contributed by atoms with Crippen molar-refractivity contribution in [2.75, 3.05) is 39.4 Å². The van der Waals surface area contributed by atoms with Crippen LogP contribution in [0.15, 0.2) is 0 Å². The molecule has 2 heterocycles. The molecule has 5 nitrogen and oxygen atoms in total. The van der Waals surface area contributed by atoms with Gasteiger partial charge in [-0.15, -0.1) is 0 Å². The molecule has 2 amide bonds. The fourth-order valence-electron chi connectivity index (χ4n) is 4.18. The lowest BCUT2D eigenvalue weighted by Gasteiger charge is -2.48. The predicted octanol–water partition coefficient (Wildman–Crippen LogP) is 1.13. The molecule has 2 atom stereocenters. The highest BCUT2D eigenvalue weighted by molar-refractivity contribution is 6.03. The van der Waals surface area contributed by atoms with Gasteiger partial charge in [-0.3, -0.25) is 19.4 Å². The van der Waals surface area contributed by atoms with Gasteiger partial charge in [0.1, 0.15) is 0 Å². The van der Waals surface area contributed by atoms with Gasteiger partial charge in [0.15, 0.2) is 0 Å². The van der Waals surface area contributed by atoms with E-state index in [4.69, 9.17) is 4.74 Å². The average Bonchev–Trinajstić information content (AvgIpc) is 2.65. The molecule has 2 aliphatic heterocycles. The molecule has 0 aromatic carbocycles. The van der Waals surface area contributed by atoms with Gasteiger partial charge in [0.2, 0.25) is 11.8 Å².